The fraction of sp³-hybridized carbons (Fsp3) is 0.185. The largest absolute Gasteiger partial charge is 0.425 e. The number of halogens is 1. The van der Waals surface area contributed by atoms with E-state index in [4.69, 9.17) is 4.74 Å². The highest BCUT2D eigenvalue weighted by Crippen LogP contribution is 2.39. The van der Waals surface area contributed by atoms with Gasteiger partial charge < -0.3 is 4.74 Å². The molecule has 0 aromatic heterocycles. The second-order valence-electron chi connectivity index (χ2n) is 8.09. The van der Waals surface area contributed by atoms with Crippen LogP contribution in [0.15, 0.2) is 78.9 Å². The summed E-state index contributed by atoms with van der Waals surface area (Å²) in [5.41, 5.74) is 4.67. The topological polar surface area (TPSA) is 43.4 Å². The molecule has 3 aromatic carbocycles. The molecule has 31 heavy (non-hydrogen) atoms. The Kier molecular flexibility index (Phi) is 4.99. The summed E-state index contributed by atoms with van der Waals surface area (Å²) in [6, 6.07) is 21.5. The maximum atomic E-state index is 13.2. The van der Waals surface area contributed by atoms with Gasteiger partial charge in [-0.1, -0.05) is 54.6 Å². The SMILES string of the molecule is O=C1Oc2ccccc2C(=O)C1C1C=C(c2ccc(-c3ccc(F)cc3)cc2)CCC1. The van der Waals surface area contributed by atoms with Crippen molar-refractivity contribution in [1.29, 1.82) is 0 Å². The Morgan fingerprint density at radius 3 is 2.19 bits per heavy atom. The maximum Gasteiger partial charge on any atom is 0.322 e. The predicted molar refractivity (Wildman–Crippen MR) is 117 cm³/mol. The van der Waals surface area contributed by atoms with E-state index in [1.165, 1.54) is 12.1 Å². The first-order valence-electron chi connectivity index (χ1n) is 10.5. The van der Waals surface area contributed by atoms with Gasteiger partial charge in [0, 0.05) is 0 Å². The first-order valence-corrected chi connectivity index (χ1v) is 10.5. The van der Waals surface area contributed by atoms with Crippen LogP contribution < -0.4 is 4.74 Å². The van der Waals surface area contributed by atoms with Crippen molar-refractivity contribution >= 4 is 17.3 Å². The molecule has 154 valence electrons. The summed E-state index contributed by atoms with van der Waals surface area (Å²) < 4.78 is 18.6. The molecule has 4 heteroatoms. The number of rotatable bonds is 3. The van der Waals surface area contributed by atoms with Gasteiger partial charge in [0.1, 0.15) is 17.5 Å². The van der Waals surface area contributed by atoms with Gasteiger partial charge in [-0.15, -0.1) is 0 Å². The summed E-state index contributed by atoms with van der Waals surface area (Å²) in [5, 5.41) is 0. The third-order valence-corrected chi connectivity index (χ3v) is 6.16. The lowest BCUT2D eigenvalue weighted by molar-refractivity contribution is -0.139. The van der Waals surface area contributed by atoms with Crippen molar-refractivity contribution in [2.75, 3.05) is 0 Å². The molecule has 2 unspecified atom stereocenters. The zero-order chi connectivity index (χ0) is 21.4. The van der Waals surface area contributed by atoms with Gasteiger partial charge in [-0.25, -0.2) is 4.39 Å². The zero-order valence-corrected chi connectivity index (χ0v) is 16.9. The van der Waals surface area contributed by atoms with Crippen molar-refractivity contribution in [2.24, 2.45) is 11.8 Å². The number of ether oxygens (including phenoxy) is 1. The van der Waals surface area contributed by atoms with Crippen LogP contribution in [0, 0.1) is 17.7 Å². The molecule has 0 amide bonds. The Labute approximate surface area is 180 Å². The molecule has 0 N–H and O–H groups in total. The first kappa shape index (κ1) is 19.4. The molecule has 1 heterocycles. The molecule has 0 spiro atoms. The zero-order valence-electron chi connectivity index (χ0n) is 16.9. The fourth-order valence-electron chi connectivity index (χ4n) is 4.55. The van der Waals surface area contributed by atoms with Crippen LogP contribution in [0.4, 0.5) is 4.39 Å². The number of Topliss-reactive ketones (excluding diaryl/α,β-unsaturated/α-hetero) is 1. The van der Waals surface area contributed by atoms with Gasteiger partial charge in [0.25, 0.3) is 0 Å². The lowest BCUT2D eigenvalue weighted by Crippen LogP contribution is -2.38. The molecule has 5 rings (SSSR count). The van der Waals surface area contributed by atoms with Crippen molar-refractivity contribution < 1.29 is 18.7 Å². The van der Waals surface area contributed by atoms with E-state index in [9.17, 15) is 14.0 Å². The van der Waals surface area contributed by atoms with Crippen LogP contribution in [0.2, 0.25) is 0 Å². The number of ketones is 1. The van der Waals surface area contributed by atoms with E-state index in [0.717, 1.165) is 41.5 Å². The van der Waals surface area contributed by atoms with Crippen LogP contribution in [0.3, 0.4) is 0 Å². The average molecular weight is 412 g/mol. The van der Waals surface area contributed by atoms with Crippen molar-refractivity contribution in [2.45, 2.75) is 19.3 Å². The fourth-order valence-corrected chi connectivity index (χ4v) is 4.55. The normalized spacial score (nSPS) is 20.6. The Balaban J connectivity index is 1.41. The second-order valence-corrected chi connectivity index (χ2v) is 8.09. The quantitative estimate of drug-likeness (QED) is 0.297. The van der Waals surface area contributed by atoms with Crippen LogP contribution in [0.1, 0.15) is 35.2 Å². The average Bonchev–Trinajstić information content (AvgIpc) is 2.80. The minimum Gasteiger partial charge on any atom is -0.425 e. The Morgan fingerprint density at radius 1 is 0.806 bits per heavy atom. The number of carbonyl (C=O) groups is 2. The molecule has 3 nitrogen and oxygen atoms in total. The number of hydrogen-bond acceptors (Lipinski definition) is 3. The third-order valence-electron chi connectivity index (χ3n) is 6.16. The summed E-state index contributed by atoms with van der Waals surface area (Å²) >= 11 is 0. The highest BCUT2D eigenvalue weighted by Gasteiger charge is 2.41. The molecule has 0 bridgehead atoms. The van der Waals surface area contributed by atoms with E-state index < -0.39 is 11.9 Å². The number of para-hydroxylation sites is 1. The van der Waals surface area contributed by atoms with E-state index in [1.807, 2.05) is 24.3 Å². The monoisotopic (exact) mass is 412 g/mol. The van der Waals surface area contributed by atoms with Crippen molar-refractivity contribution in [3.05, 3.63) is 95.8 Å². The van der Waals surface area contributed by atoms with Crippen molar-refractivity contribution in [3.63, 3.8) is 0 Å². The molecular formula is C27H21FO3. The second kappa shape index (κ2) is 7.95. The third kappa shape index (κ3) is 3.70. The summed E-state index contributed by atoms with van der Waals surface area (Å²) in [4.78, 5) is 25.7. The van der Waals surface area contributed by atoms with Crippen LogP contribution in [-0.2, 0) is 4.79 Å². The maximum absolute atomic E-state index is 13.2. The molecule has 2 aliphatic rings. The summed E-state index contributed by atoms with van der Waals surface area (Å²) in [6.45, 7) is 0. The molecule has 1 aliphatic carbocycles. The van der Waals surface area contributed by atoms with E-state index in [0.29, 0.717) is 11.3 Å². The van der Waals surface area contributed by atoms with E-state index in [1.54, 1.807) is 36.4 Å². The van der Waals surface area contributed by atoms with Gasteiger partial charge >= 0.3 is 5.97 Å². The van der Waals surface area contributed by atoms with E-state index in [2.05, 4.69) is 6.08 Å². The molecule has 2 atom stereocenters. The van der Waals surface area contributed by atoms with Crippen LogP contribution in [0.25, 0.3) is 16.7 Å². The Hall–Kier alpha value is -3.53. The molecule has 0 saturated heterocycles. The van der Waals surface area contributed by atoms with Crippen LogP contribution in [0.5, 0.6) is 5.75 Å². The number of esters is 1. The summed E-state index contributed by atoms with van der Waals surface area (Å²) in [7, 11) is 0. The summed E-state index contributed by atoms with van der Waals surface area (Å²) in [5.74, 6) is -1.47. The minimum absolute atomic E-state index is 0.152. The van der Waals surface area contributed by atoms with Gasteiger partial charge in [0.05, 0.1) is 5.56 Å². The number of fused-ring (bicyclic) bond motifs is 1. The number of carbonyl (C=O) groups excluding carboxylic acids is 2. The van der Waals surface area contributed by atoms with Gasteiger partial charge in [-0.05, 0) is 71.7 Å². The van der Waals surface area contributed by atoms with Crippen LogP contribution in [-0.4, -0.2) is 11.8 Å². The highest BCUT2D eigenvalue weighted by molar-refractivity contribution is 6.13. The van der Waals surface area contributed by atoms with Crippen LogP contribution >= 0.6 is 0 Å². The molecule has 0 fully saturated rings. The molecule has 1 aliphatic heterocycles. The Bertz CT molecular complexity index is 1180. The Morgan fingerprint density at radius 2 is 1.45 bits per heavy atom. The lowest BCUT2D eigenvalue weighted by atomic mass is 9.76. The van der Waals surface area contributed by atoms with Gasteiger partial charge in [-0.3, -0.25) is 9.59 Å². The van der Waals surface area contributed by atoms with Crippen molar-refractivity contribution in [3.8, 4) is 16.9 Å². The molecule has 3 aromatic rings. The van der Waals surface area contributed by atoms with Crippen molar-refractivity contribution in [1.82, 2.24) is 0 Å². The standard InChI is InChI=1S/C27H21FO3/c28-22-14-12-18(13-15-22)17-8-10-19(11-9-17)20-4-3-5-21(16-20)25-26(29)23-6-1-2-7-24(23)31-27(25)30/h1-2,6-16,21,25H,3-5H2. The number of allylic oxidation sites excluding steroid dienone is 2. The number of benzene rings is 3. The summed E-state index contributed by atoms with van der Waals surface area (Å²) in [6.07, 6.45) is 4.67. The van der Waals surface area contributed by atoms with E-state index >= 15 is 0 Å². The molecule has 0 saturated carbocycles. The smallest absolute Gasteiger partial charge is 0.322 e. The number of hydrogen-bond donors (Lipinski definition) is 0. The minimum atomic E-state index is -0.788. The van der Waals surface area contributed by atoms with Gasteiger partial charge in [-0.2, -0.15) is 0 Å². The highest BCUT2D eigenvalue weighted by atomic mass is 19.1. The van der Waals surface area contributed by atoms with Gasteiger partial charge in [0.2, 0.25) is 0 Å². The molecular weight excluding hydrogens is 391 g/mol. The van der Waals surface area contributed by atoms with Gasteiger partial charge in [0.15, 0.2) is 5.78 Å². The lowest BCUT2D eigenvalue weighted by Gasteiger charge is -2.30. The molecule has 0 radical (unpaired) electrons. The first-order chi connectivity index (χ1) is 15.1. The predicted octanol–water partition coefficient (Wildman–Crippen LogP) is 6.09. The van der Waals surface area contributed by atoms with E-state index in [-0.39, 0.29) is 17.5 Å².